The lowest BCUT2D eigenvalue weighted by atomic mass is 9.76. The summed E-state index contributed by atoms with van der Waals surface area (Å²) in [5.74, 6) is 0.634. The highest BCUT2D eigenvalue weighted by molar-refractivity contribution is 6.62. The fourth-order valence-electron chi connectivity index (χ4n) is 2.59. The summed E-state index contributed by atoms with van der Waals surface area (Å²) in [6.07, 6.45) is 3.37. The monoisotopic (exact) mass is 328 g/mol. The molecule has 2 heterocycles. The maximum absolute atomic E-state index is 11.8. The Labute approximate surface area is 139 Å². The normalized spacial score (nSPS) is 13.0. The molecule has 1 aromatic heterocycles. The van der Waals surface area contributed by atoms with E-state index in [1.54, 1.807) is 6.07 Å². The number of benzene rings is 1. The molecule has 3 rings (SSSR count). The van der Waals surface area contributed by atoms with E-state index >= 15 is 0 Å². The third-order valence-corrected chi connectivity index (χ3v) is 3.89. The van der Waals surface area contributed by atoms with Gasteiger partial charge in [0.25, 0.3) is 0 Å². The SMILES string of the molecule is Cc1c(Oc2cnc(C(=O)CCCO)cn2)ccc2c1B(O)OC2. The minimum Gasteiger partial charge on any atom is -0.437 e. The van der Waals surface area contributed by atoms with Crippen LogP contribution in [0.4, 0.5) is 0 Å². The first-order valence-electron chi connectivity index (χ1n) is 7.66. The van der Waals surface area contributed by atoms with Crippen molar-refractivity contribution in [3.8, 4) is 11.6 Å². The molecule has 0 bridgehead atoms. The van der Waals surface area contributed by atoms with Gasteiger partial charge in [0.1, 0.15) is 11.4 Å². The van der Waals surface area contributed by atoms with Crippen molar-refractivity contribution in [1.82, 2.24) is 9.97 Å². The summed E-state index contributed by atoms with van der Waals surface area (Å²) in [7, 11) is -0.943. The number of rotatable bonds is 6. The molecule has 1 aromatic carbocycles. The van der Waals surface area contributed by atoms with Gasteiger partial charge in [-0.3, -0.25) is 4.79 Å². The van der Waals surface area contributed by atoms with Crippen molar-refractivity contribution in [2.24, 2.45) is 0 Å². The third kappa shape index (κ3) is 3.30. The predicted molar refractivity (Wildman–Crippen MR) is 86.3 cm³/mol. The molecular formula is C16H17BN2O5. The van der Waals surface area contributed by atoms with Gasteiger partial charge in [-0.1, -0.05) is 6.07 Å². The van der Waals surface area contributed by atoms with Crippen molar-refractivity contribution in [3.63, 3.8) is 0 Å². The van der Waals surface area contributed by atoms with Crippen LogP contribution in [-0.4, -0.2) is 39.6 Å². The van der Waals surface area contributed by atoms with Crippen LogP contribution in [0.2, 0.25) is 0 Å². The average molecular weight is 328 g/mol. The zero-order chi connectivity index (χ0) is 17.1. The van der Waals surface area contributed by atoms with Gasteiger partial charge >= 0.3 is 7.12 Å². The van der Waals surface area contributed by atoms with Gasteiger partial charge in [0.15, 0.2) is 5.78 Å². The van der Waals surface area contributed by atoms with E-state index in [1.807, 2.05) is 13.0 Å². The van der Waals surface area contributed by atoms with E-state index in [2.05, 4.69) is 9.97 Å². The van der Waals surface area contributed by atoms with E-state index in [9.17, 15) is 9.82 Å². The smallest absolute Gasteiger partial charge is 0.437 e. The van der Waals surface area contributed by atoms with E-state index in [1.165, 1.54) is 12.4 Å². The summed E-state index contributed by atoms with van der Waals surface area (Å²) in [6, 6.07) is 3.63. The summed E-state index contributed by atoms with van der Waals surface area (Å²) < 4.78 is 10.9. The lowest BCUT2D eigenvalue weighted by Gasteiger charge is -2.11. The highest BCUT2D eigenvalue weighted by Crippen LogP contribution is 2.25. The summed E-state index contributed by atoms with van der Waals surface area (Å²) in [5.41, 5.74) is 2.67. The Kier molecular flexibility index (Phi) is 4.89. The average Bonchev–Trinajstić information content (AvgIpc) is 2.97. The Morgan fingerprint density at radius 2 is 2.21 bits per heavy atom. The second-order valence-corrected chi connectivity index (χ2v) is 5.52. The third-order valence-electron chi connectivity index (χ3n) is 3.89. The van der Waals surface area contributed by atoms with Crippen LogP contribution in [0.15, 0.2) is 24.5 Å². The van der Waals surface area contributed by atoms with Crippen molar-refractivity contribution in [1.29, 1.82) is 0 Å². The first-order valence-corrected chi connectivity index (χ1v) is 7.66. The van der Waals surface area contributed by atoms with Crippen LogP contribution in [-0.2, 0) is 11.3 Å². The number of nitrogens with zero attached hydrogens (tertiary/aromatic N) is 2. The van der Waals surface area contributed by atoms with Crippen molar-refractivity contribution >= 4 is 18.4 Å². The molecule has 1 aliphatic rings. The van der Waals surface area contributed by atoms with Crippen LogP contribution in [0, 0.1) is 6.92 Å². The summed E-state index contributed by atoms with van der Waals surface area (Å²) in [5, 5.41) is 18.6. The Morgan fingerprint density at radius 1 is 1.38 bits per heavy atom. The largest absolute Gasteiger partial charge is 0.492 e. The first kappa shape index (κ1) is 16.6. The van der Waals surface area contributed by atoms with Gasteiger partial charge in [-0.05, 0) is 36.0 Å². The fraction of sp³-hybridized carbons (Fsp3) is 0.312. The Bertz CT molecular complexity index is 751. The molecule has 0 fully saturated rings. The van der Waals surface area contributed by atoms with E-state index in [-0.39, 0.29) is 30.4 Å². The minimum absolute atomic E-state index is 0.0342. The molecule has 8 heteroatoms. The lowest BCUT2D eigenvalue weighted by molar-refractivity contribution is 0.0966. The minimum atomic E-state index is -0.943. The zero-order valence-corrected chi connectivity index (χ0v) is 13.2. The number of aliphatic hydroxyl groups excluding tert-OH is 1. The second kappa shape index (κ2) is 7.08. The number of ether oxygens (including phenoxy) is 1. The van der Waals surface area contributed by atoms with Crippen LogP contribution >= 0.6 is 0 Å². The molecule has 124 valence electrons. The Morgan fingerprint density at radius 3 is 2.92 bits per heavy atom. The van der Waals surface area contributed by atoms with Crippen molar-refractivity contribution in [2.45, 2.75) is 26.4 Å². The molecule has 0 radical (unpaired) electrons. The van der Waals surface area contributed by atoms with Crippen LogP contribution in [0.5, 0.6) is 11.6 Å². The lowest BCUT2D eigenvalue weighted by Crippen LogP contribution is -2.30. The predicted octanol–water partition coefficient (Wildman–Crippen LogP) is 0.750. The molecule has 0 amide bonds. The molecule has 7 nitrogen and oxygen atoms in total. The highest BCUT2D eigenvalue weighted by atomic mass is 16.5. The first-order chi connectivity index (χ1) is 11.6. The molecule has 0 unspecified atom stereocenters. The maximum atomic E-state index is 11.8. The van der Waals surface area contributed by atoms with Crippen molar-refractivity contribution in [3.05, 3.63) is 41.3 Å². The van der Waals surface area contributed by atoms with Gasteiger partial charge in [0, 0.05) is 13.0 Å². The van der Waals surface area contributed by atoms with Gasteiger partial charge in [-0.25, -0.2) is 9.97 Å². The maximum Gasteiger partial charge on any atom is 0.492 e. The van der Waals surface area contributed by atoms with Gasteiger partial charge < -0.3 is 19.5 Å². The van der Waals surface area contributed by atoms with E-state index in [0.29, 0.717) is 18.8 Å². The molecule has 0 saturated heterocycles. The molecule has 0 spiro atoms. The number of aromatic nitrogens is 2. The molecule has 0 saturated carbocycles. The van der Waals surface area contributed by atoms with Gasteiger partial charge in [0.05, 0.1) is 19.0 Å². The molecule has 0 aliphatic carbocycles. The van der Waals surface area contributed by atoms with Crippen molar-refractivity contribution in [2.75, 3.05) is 6.61 Å². The number of carbonyl (C=O) groups is 1. The summed E-state index contributed by atoms with van der Waals surface area (Å²) in [4.78, 5) is 19.9. The zero-order valence-electron chi connectivity index (χ0n) is 13.2. The second-order valence-electron chi connectivity index (χ2n) is 5.52. The Balaban J connectivity index is 1.75. The number of fused-ring (bicyclic) bond motifs is 1. The quantitative estimate of drug-likeness (QED) is 0.596. The summed E-state index contributed by atoms with van der Waals surface area (Å²) >= 11 is 0. The van der Waals surface area contributed by atoms with E-state index < -0.39 is 7.12 Å². The number of aliphatic hydroxyl groups is 1. The number of hydrogen-bond acceptors (Lipinski definition) is 7. The molecule has 2 N–H and O–H groups in total. The van der Waals surface area contributed by atoms with Crippen molar-refractivity contribution < 1.29 is 24.3 Å². The number of hydrogen-bond donors (Lipinski definition) is 2. The standard InChI is InChI=1S/C16H17BN2O5/c1-10-14(5-4-11-9-23-17(22)16(10)11)24-15-8-18-12(7-19-15)13(21)3-2-6-20/h4-5,7-8,20,22H,2-3,6,9H2,1H3. The number of carbonyl (C=O) groups excluding carboxylic acids is 1. The molecule has 2 aromatic rings. The van der Waals surface area contributed by atoms with Crippen LogP contribution in [0.25, 0.3) is 0 Å². The van der Waals surface area contributed by atoms with E-state index in [4.69, 9.17) is 14.5 Å². The van der Waals surface area contributed by atoms with Gasteiger partial charge in [0.2, 0.25) is 5.88 Å². The van der Waals surface area contributed by atoms with Crippen LogP contribution in [0.1, 0.15) is 34.5 Å². The number of Topliss-reactive ketones (excluding diaryl/α,β-unsaturated/α-hetero) is 1. The molecule has 1 aliphatic heterocycles. The highest BCUT2D eigenvalue weighted by Gasteiger charge is 2.30. The fourth-order valence-corrected chi connectivity index (χ4v) is 2.59. The Hall–Kier alpha value is -2.29. The van der Waals surface area contributed by atoms with Gasteiger partial charge in [-0.2, -0.15) is 0 Å². The molecule has 24 heavy (non-hydrogen) atoms. The van der Waals surface area contributed by atoms with Gasteiger partial charge in [-0.15, -0.1) is 0 Å². The molecule has 0 atom stereocenters. The number of ketones is 1. The molecular weight excluding hydrogens is 311 g/mol. The van der Waals surface area contributed by atoms with Crippen LogP contribution in [0.3, 0.4) is 0 Å². The summed E-state index contributed by atoms with van der Waals surface area (Å²) in [6.45, 7) is 2.18. The van der Waals surface area contributed by atoms with Crippen LogP contribution < -0.4 is 10.2 Å². The van der Waals surface area contributed by atoms with E-state index in [0.717, 1.165) is 16.6 Å². The topological polar surface area (TPSA) is 102 Å².